The molecule has 2 aliphatic heterocycles. The van der Waals surface area contributed by atoms with Crippen molar-refractivity contribution in [2.75, 3.05) is 19.8 Å². The van der Waals surface area contributed by atoms with Crippen molar-refractivity contribution >= 4 is 0 Å². The van der Waals surface area contributed by atoms with Crippen LogP contribution >= 0.6 is 0 Å². The van der Waals surface area contributed by atoms with E-state index >= 15 is 0 Å². The Morgan fingerprint density at radius 2 is 1.94 bits per heavy atom. The zero-order valence-electron chi connectivity index (χ0n) is 11.3. The normalized spacial score (nSPS) is 33.5. The van der Waals surface area contributed by atoms with Crippen LogP contribution in [0.4, 0.5) is 0 Å². The van der Waals surface area contributed by atoms with Gasteiger partial charge in [0.05, 0.1) is 6.10 Å². The van der Waals surface area contributed by atoms with E-state index < -0.39 is 0 Å². The minimum Gasteiger partial charge on any atom is -0.381 e. The lowest BCUT2D eigenvalue weighted by molar-refractivity contribution is -0.00589. The van der Waals surface area contributed by atoms with Crippen LogP contribution in [0.1, 0.15) is 46.0 Å². The summed E-state index contributed by atoms with van der Waals surface area (Å²) in [5.74, 6) is 0.798. The monoisotopic (exact) mass is 241 g/mol. The average molecular weight is 241 g/mol. The summed E-state index contributed by atoms with van der Waals surface area (Å²) in [4.78, 5) is 0. The van der Waals surface area contributed by atoms with Crippen LogP contribution in [-0.2, 0) is 9.47 Å². The third-order valence-corrected chi connectivity index (χ3v) is 4.29. The van der Waals surface area contributed by atoms with Crippen molar-refractivity contribution < 1.29 is 9.47 Å². The summed E-state index contributed by atoms with van der Waals surface area (Å²) < 4.78 is 11.2. The van der Waals surface area contributed by atoms with Crippen molar-refractivity contribution in [3.8, 4) is 0 Å². The first-order valence-corrected chi connectivity index (χ1v) is 7.25. The highest BCUT2D eigenvalue weighted by atomic mass is 16.5. The lowest BCUT2D eigenvalue weighted by Crippen LogP contribution is -2.46. The van der Waals surface area contributed by atoms with Crippen molar-refractivity contribution in [3.63, 3.8) is 0 Å². The molecule has 0 spiro atoms. The third-order valence-electron chi connectivity index (χ3n) is 4.29. The Labute approximate surface area is 105 Å². The summed E-state index contributed by atoms with van der Waals surface area (Å²) in [7, 11) is 0. The van der Waals surface area contributed by atoms with Gasteiger partial charge >= 0.3 is 0 Å². The van der Waals surface area contributed by atoms with Crippen LogP contribution < -0.4 is 5.32 Å². The quantitative estimate of drug-likeness (QED) is 0.819. The van der Waals surface area contributed by atoms with E-state index in [1.54, 1.807) is 0 Å². The van der Waals surface area contributed by atoms with Crippen LogP contribution in [0.25, 0.3) is 0 Å². The van der Waals surface area contributed by atoms with E-state index in [0.717, 1.165) is 32.2 Å². The Bertz CT molecular complexity index is 216. The van der Waals surface area contributed by atoms with Crippen LogP contribution in [0.2, 0.25) is 0 Å². The minimum absolute atomic E-state index is 0.475. The lowest BCUT2D eigenvalue weighted by Gasteiger charge is -2.35. The Hall–Kier alpha value is -0.120. The zero-order chi connectivity index (χ0) is 12.1. The first-order chi connectivity index (χ1) is 8.29. The molecule has 2 heterocycles. The van der Waals surface area contributed by atoms with Gasteiger partial charge in [0.1, 0.15) is 0 Å². The third kappa shape index (κ3) is 3.94. The summed E-state index contributed by atoms with van der Waals surface area (Å²) in [6.07, 6.45) is 6.41. The summed E-state index contributed by atoms with van der Waals surface area (Å²) in [5, 5.41) is 3.82. The van der Waals surface area contributed by atoms with Crippen molar-refractivity contribution in [2.45, 2.75) is 64.1 Å². The molecule has 3 heteroatoms. The van der Waals surface area contributed by atoms with Crippen molar-refractivity contribution in [1.29, 1.82) is 0 Å². The summed E-state index contributed by atoms with van der Waals surface area (Å²) >= 11 is 0. The van der Waals surface area contributed by atoms with Crippen molar-refractivity contribution in [3.05, 3.63) is 0 Å². The molecular formula is C14H27NO2. The highest BCUT2D eigenvalue weighted by Crippen LogP contribution is 2.22. The first kappa shape index (κ1) is 13.3. The van der Waals surface area contributed by atoms with Gasteiger partial charge in [-0.05, 0) is 44.9 Å². The van der Waals surface area contributed by atoms with Crippen LogP contribution in [-0.4, -0.2) is 38.0 Å². The largest absolute Gasteiger partial charge is 0.381 e. The molecule has 0 radical (unpaired) electrons. The molecule has 0 bridgehead atoms. The lowest BCUT2D eigenvalue weighted by atomic mass is 9.91. The van der Waals surface area contributed by atoms with Gasteiger partial charge in [-0.1, -0.05) is 6.92 Å². The summed E-state index contributed by atoms with van der Waals surface area (Å²) in [6, 6.07) is 1.28. The maximum absolute atomic E-state index is 5.72. The molecule has 1 N–H and O–H groups in total. The van der Waals surface area contributed by atoms with Crippen LogP contribution in [0.5, 0.6) is 0 Å². The van der Waals surface area contributed by atoms with E-state index in [2.05, 4.69) is 19.2 Å². The second-order valence-corrected chi connectivity index (χ2v) is 5.53. The Morgan fingerprint density at radius 3 is 2.65 bits per heavy atom. The van der Waals surface area contributed by atoms with Crippen molar-refractivity contribution in [1.82, 2.24) is 5.32 Å². The Balaban J connectivity index is 1.74. The zero-order valence-corrected chi connectivity index (χ0v) is 11.3. The van der Waals surface area contributed by atoms with Gasteiger partial charge in [-0.15, -0.1) is 0 Å². The smallest absolute Gasteiger partial charge is 0.0587 e. The second-order valence-electron chi connectivity index (χ2n) is 5.53. The molecule has 3 nitrogen and oxygen atoms in total. The van der Waals surface area contributed by atoms with Crippen LogP contribution in [0.3, 0.4) is 0 Å². The molecule has 0 aliphatic carbocycles. The van der Waals surface area contributed by atoms with Gasteiger partial charge in [0.25, 0.3) is 0 Å². The first-order valence-electron chi connectivity index (χ1n) is 7.25. The number of hydrogen-bond acceptors (Lipinski definition) is 3. The van der Waals surface area contributed by atoms with Crippen molar-refractivity contribution in [2.24, 2.45) is 5.92 Å². The molecule has 3 atom stereocenters. The summed E-state index contributed by atoms with van der Waals surface area (Å²) in [5.41, 5.74) is 0. The SMILES string of the molecule is CCC1CC(NC(C)C2CCOCC2)CCO1. The highest BCUT2D eigenvalue weighted by Gasteiger charge is 2.26. The van der Waals surface area contributed by atoms with E-state index in [0.29, 0.717) is 18.2 Å². The average Bonchev–Trinajstić information content (AvgIpc) is 2.40. The summed E-state index contributed by atoms with van der Waals surface area (Å²) in [6.45, 7) is 7.38. The van der Waals surface area contributed by atoms with Gasteiger partial charge in [-0.2, -0.15) is 0 Å². The molecule has 0 aromatic carbocycles. The fraction of sp³-hybridized carbons (Fsp3) is 1.00. The molecule has 2 saturated heterocycles. The molecule has 3 unspecified atom stereocenters. The number of hydrogen-bond donors (Lipinski definition) is 1. The van der Waals surface area contributed by atoms with E-state index in [9.17, 15) is 0 Å². The fourth-order valence-corrected chi connectivity index (χ4v) is 3.04. The fourth-order valence-electron chi connectivity index (χ4n) is 3.04. The molecule has 2 aliphatic rings. The molecule has 0 saturated carbocycles. The Morgan fingerprint density at radius 1 is 1.18 bits per heavy atom. The van der Waals surface area contributed by atoms with Gasteiger partial charge in [-0.25, -0.2) is 0 Å². The van der Waals surface area contributed by atoms with Gasteiger partial charge in [-0.3, -0.25) is 0 Å². The van der Waals surface area contributed by atoms with Crippen LogP contribution in [0.15, 0.2) is 0 Å². The topological polar surface area (TPSA) is 30.5 Å². The van der Waals surface area contributed by atoms with Crippen LogP contribution in [0, 0.1) is 5.92 Å². The predicted molar refractivity (Wildman–Crippen MR) is 69.2 cm³/mol. The molecule has 0 aromatic heterocycles. The van der Waals surface area contributed by atoms with Gasteiger partial charge in [0, 0.05) is 31.9 Å². The Kier molecular flexibility index (Phi) is 5.26. The highest BCUT2D eigenvalue weighted by molar-refractivity contribution is 4.82. The maximum atomic E-state index is 5.72. The standard InChI is InChI=1S/C14H27NO2/c1-3-14-10-13(6-9-17-14)15-11(2)12-4-7-16-8-5-12/h11-15H,3-10H2,1-2H3. The molecule has 100 valence electrons. The van der Waals surface area contributed by atoms with E-state index in [4.69, 9.17) is 9.47 Å². The van der Waals surface area contributed by atoms with Gasteiger partial charge in [0.2, 0.25) is 0 Å². The maximum Gasteiger partial charge on any atom is 0.0587 e. The molecular weight excluding hydrogens is 214 g/mol. The molecule has 0 amide bonds. The van der Waals surface area contributed by atoms with E-state index in [-0.39, 0.29) is 0 Å². The second kappa shape index (κ2) is 6.72. The molecule has 0 aromatic rings. The molecule has 2 rings (SSSR count). The predicted octanol–water partition coefficient (Wildman–Crippen LogP) is 2.35. The van der Waals surface area contributed by atoms with E-state index in [1.165, 1.54) is 25.7 Å². The number of nitrogens with one attached hydrogen (secondary N) is 1. The number of rotatable bonds is 4. The number of ether oxygens (including phenoxy) is 2. The minimum atomic E-state index is 0.475. The van der Waals surface area contributed by atoms with Gasteiger partial charge in [0.15, 0.2) is 0 Å². The molecule has 17 heavy (non-hydrogen) atoms. The van der Waals surface area contributed by atoms with Gasteiger partial charge < -0.3 is 14.8 Å². The van der Waals surface area contributed by atoms with E-state index in [1.807, 2.05) is 0 Å². The molecule has 2 fully saturated rings.